The highest BCUT2D eigenvalue weighted by atomic mass is 79.9. The smallest absolute Gasteiger partial charge is 0.266 e. The van der Waals surface area contributed by atoms with Gasteiger partial charge in [-0.25, -0.2) is 0 Å². The Balaban J connectivity index is 1.83. The van der Waals surface area contributed by atoms with Crippen LogP contribution in [-0.4, -0.2) is 46.6 Å². The molecule has 3 rings (SSSR count). The number of phenols is 1. The van der Waals surface area contributed by atoms with Gasteiger partial charge in [0.05, 0.1) is 24.7 Å². The molecule has 0 radical (unpaired) electrons. The van der Waals surface area contributed by atoms with E-state index < -0.39 is 0 Å². The quantitative estimate of drug-likeness (QED) is 0.583. The average molecular weight is 430 g/mol. The van der Waals surface area contributed by atoms with Crippen LogP contribution in [0.5, 0.6) is 11.5 Å². The van der Waals surface area contributed by atoms with Gasteiger partial charge in [0.2, 0.25) is 0 Å². The first-order valence-corrected chi connectivity index (χ1v) is 9.45. The first-order chi connectivity index (χ1) is 11.5. The molecule has 1 atom stereocenters. The molecule has 1 aromatic rings. The molecule has 0 aliphatic carbocycles. The summed E-state index contributed by atoms with van der Waals surface area (Å²) in [4.78, 5) is 14.8. The lowest BCUT2D eigenvalue weighted by atomic mass is 10.1. The van der Waals surface area contributed by atoms with E-state index in [0.717, 1.165) is 25.0 Å². The lowest BCUT2D eigenvalue weighted by Gasteiger charge is -2.18. The van der Waals surface area contributed by atoms with Crippen LogP contribution in [0.1, 0.15) is 18.4 Å². The standard InChI is InChI=1S/C16H16BrNO4S2/c1-21-13-5-9(11(17)7-12(13)19)6-14-15(20)18(16(23)24-14)8-10-3-2-4-22-10/h5-7,10,19H,2-4,8H2,1H3/b14-6-/t10-/m0/s1. The molecule has 2 aliphatic rings. The number of benzene rings is 1. The van der Waals surface area contributed by atoms with E-state index >= 15 is 0 Å². The van der Waals surface area contributed by atoms with Crippen LogP contribution in [0.4, 0.5) is 0 Å². The summed E-state index contributed by atoms with van der Waals surface area (Å²) in [5.41, 5.74) is 0.738. The number of nitrogens with zero attached hydrogens (tertiary/aromatic N) is 1. The Kier molecular flexibility index (Phi) is 5.49. The molecule has 8 heteroatoms. The van der Waals surface area contributed by atoms with Crippen molar-refractivity contribution in [3.63, 3.8) is 0 Å². The van der Waals surface area contributed by atoms with Crippen molar-refractivity contribution in [3.05, 3.63) is 27.1 Å². The average Bonchev–Trinajstić information content (AvgIpc) is 3.14. The molecule has 1 aromatic carbocycles. The molecule has 0 aromatic heterocycles. The molecule has 5 nitrogen and oxygen atoms in total. The van der Waals surface area contributed by atoms with Gasteiger partial charge < -0.3 is 14.6 Å². The number of thioether (sulfide) groups is 1. The van der Waals surface area contributed by atoms with Crippen molar-refractivity contribution in [3.8, 4) is 11.5 Å². The number of carbonyl (C=O) groups is 1. The number of rotatable bonds is 4. The van der Waals surface area contributed by atoms with Gasteiger partial charge in [-0.05, 0) is 36.6 Å². The molecule has 0 unspecified atom stereocenters. The zero-order chi connectivity index (χ0) is 17.3. The second-order valence-corrected chi connectivity index (χ2v) is 8.00. The lowest BCUT2D eigenvalue weighted by molar-refractivity contribution is -0.123. The van der Waals surface area contributed by atoms with Gasteiger partial charge in [-0.15, -0.1) is 0 Å². The number of halogens is 1. The van der Waals surface area contributed by atoms with Gasteiger partial charge in [-0.2, -0.15) is 0 Å². The second kappa shape index (κ2) is 7.43. The third-order valence-corrected chi connectivity index (χ3v) is 5.93. The number of amides is 1. The molecule has 2 saturated heterocycles. The van der Waals surface area contributed by atoms with Gasteiger partial charge >= 0.3 is 0 Å². The van der Waals surface area contributed by atoms with Crippen molar-refractivity contribution in [1.82, 2.24) is 4.90 Å². The maximum Gasteiger partial charge on any atom is 0.266 e. The zero-order valence-corrected chi connectivity index (χ0v) is 16.2. The fraction of sp³-hybridized carbons (Fsp3) is 0.375. The van der Waals surface area contributed by atoms with E-state index in [4.69, 9.17) is 21.7 Å². The van der Waals surface area contributed by atoms with Crippen molar-refractivity contribution in [2.24, 2.45) is 0 Å². The second-order valence-electron chi connectivity index (χ2n) is 5.47. The van der Waals surface area contributed by atoms with Gasteiger partial charge in [-0.1, -0.05) is 39.9 Å². The van der Waals surface area contributed by atoms with Gasteiger partial charge in [0.1, 0.15) is 4.32 Å². The Morgan fingerprint density at radius 2 is 2.38 bits per heavy atom. The van der Waals surface area contributed by atoms with Gasteiger partial charge in [0, 0.05) is 11.1 Å². The lowest BCUT2D eigenvalue weighted by Crippen LogP contribution is -2.35. The normalized spacial score (nSPS) is 22.7. The molecule has 2 fully saturated rings. The summed E-state index contributed by atoms with van der Waals surface area (Å²) < 4.78 is 11.9. The minimum absolute atomic E-state index is 0.0347. The van der Waals surface area contributed by atoms with Crippen molar-refractivity contribution in [2.75, 3.05) is 20.3 Å². The summed E-state index contributed by atoms with van der Waals surface area (Å²) in [7, 11) is 1.48. The third kappa shape index (κ3) is 3.61. The van der Waals surface area contributed by atoms with Crippen molar-refractivity contribution in [2.45, 2.75) is 18.9 Å². The first kappa shape index (κ1) is 17.7. The summed E-state index contributed by atoms with van der Waals surface area (Å²) >= 11 is 10.0. The highest BCUT2D eigenvalue weighted by molar-refractivity contribution is 9.10. The fourth-order valence-corrected chi connectivity index (χ4v) is 4.34. The van der Waals surface area contributed by atoms with Crippen LogP contribution in [0.25, 0.3) is 6.08 Å². The topological polar surface area (TPSA) is 59.0 Å². The number of aromatic hydroxyl groups is 1. The molecule has 0 bridgehead atoms. The Morgan fingerprint density at radius 1 is 1.58 bits per heavy atom. The summed E-state index contributed by atoms with van der Waals surface area (Å²) in [6, 6.07) is 3.21. The van der Waals surface area contributed by atoms with E-state index in [9.17, 15) is 9.90 Å². The van der Waals surface area contributed by atoms with Crippen LogP contribution >= 0.6 is 39.9 Å². The van der Waals surface area contributed by atoms with Crippen LogP contribution in [0, 0.1) is 0 Å². The van der Waals surface area contributed by atoms with Gasteiger partial charge in [0.25, 0.3) is 5.91 Å². The first-order valence-electron chi connectivity index (χ1n) is 7.43. The number of phenolic OH excluding ortho intramolecular Hbond substituents is 1. The zero-order valence-electron chi connectivity index (χ0n) is 13.0. The Bertz CT molecular complexity index is 716. The fourth-order valence-electron chi connectivity index (χ4n) is 2.62. The van der Waals surface area contributed by atoms with E-state index in [2.05, 4.69) is 15.9 Å². The minimum Gasteiger partial charge on any atom is -0.504 e. The maximum atomic E-state index is 12.6. The largest absolute Gasteiger partial charge is 0.504 e. The monoisotopic (exact) mass is 429 g/mol. The van der Waals surface area contributed by atoms with Gasteiger partial charge in [-0.3, -0.25) is 9.69 Å². The van der Waals surface area contributed by atoms with E-state index in [1.165, 1.54) is 24.9 Å². The van der Waals surface area contributed by atoms with E-state index in [0.29, 0.717) is 26.0 Å². The number of ether oxygens (including phenoxy) is 2. The van der Waals surface area contributed by atoms with Crippen LogP contribution < -0.4 is 4.74 Å². The highest BCUT2D eigenvalue weighted by Crippen LogP contribution is 2.37. The van der Waals surface area contributed by atoms with Crippen LogP contribution in [0.3, 0.4) is 0 Å². The van der Waals surface area contributed by atoms with Crippen LogP contribution in [0.2, 0.25) is 0 Å². The molecule has 128 valence electrons. The summed E-state index contributed by atoms with van der Waals surface area (Å²) in [5.74, 6) is 0.270. The number of methoxy groups -OCH3 is 1. The van der Waals surface area contributed by atoms with E-state index in [1.807, 2.05) is 0 Å². The molecule has 1 N–H and O–H groups in total. The molecule has 0 saturated carbocycles. The number of hydrogen-bond donors (Lipinski definition) is 1. The van der Waals surface area contributed by atoms with Crippen molar-refractivity contribution < 1.29 is 19.4 Å². The molecular weight excluding hydrogens is 414 g/mol. The number of hydrogen-bond acceptors (Lipinski definition) is 6. The third-order valence-electron chi connectivity index (χ3n) is 3.87. The predicted octanol–water partition coefficient (Wildman–Crippen LogP) is 3.54. The molecule has 0 spiro atoms. The van der Waals surface area contributed by atoms with Gasteiger partial charge in [0.15, 0.2) is 11.5 Å². The number of carbonyl (C=O) groups excluding carboxylic acids is 1. The van der Waals surface area contributed by atoms with Crippen molar-refractivity contribution in [1.29, 1.82) is 0 Å². The predicted molar refractivity (Wildman–Crippen MR) is 101 cm³/mol. The number of thiocarbonyl (C=S) groups is 1. The summed E-state index contributed by atoms with van der Waals surface area (Å²) in [5, 5.41) is 9.78. The molecule has 2 aliphatic heterocycles. The van der Waals surface area contributed by atoms with Crippen LogP contribution in [-0.2, 0) is 9.53 Å². The minimum atomic E-state index is -0.112. The Labute approximate surface area is 158 Å². The Morgan fingerprint density at radius 3 is 3.04 bits per heavy atom. The summed E-state index contributed by atoms with van der Waals surface area (Å²) in [6.07, 6.45) is 3.79. The summed E-state index contributed by atoms with van der Waals surface area (Å²) in [6.45, 7) is 1.25. The molecule has 1 amide bonds. The van der Waals surface area contributed by atoms with Crippen molar-refractivity contribution >= 4 is 56.2 Å². The van der Waals surface area contributed by atoms with Crippen LogP contribution in [0.15, 0.2) is 21.5 Å². The maximum absolute atomic E-state index is 12.6. The van der Waals surface area contributed by atoms with E-state index in [1.54, 1.807) is 17.0 Å². The SMILES string of the molecule is COc1cc(/C=C2\SC(=S)N(C[C@@H]3CCCO3)C2=O)c(Br)cc1O. The molecule has 2 heterocycles. The molecule has 24 heavy (non-hydrogen) atoms. The molecular formula is C16H16BrNO4S2. The Hall–Kier alpha value is -1.09. The van der Waals surface area contributed by atoms with E-state index in [-0.39, 0.29) is 17.8 Å². The highest BCUT2D eigenvalue weighted by Gasteiger charge is 2.34.